The molecular formula is C11H19N3S. The number of nitrogens with zero attached hydrogens (tertiary/aromatic N) is 1. The van der Waals surface area contributed by atoms with Gasteiger partial charge in [-0.2, -0.15) is 4.37 Å². The first kappa shape index (κ1) is 10.7. The highest BCUT2D eigenvalue weighted by atomic mass is 32.1. The Morgan fingerprint density at radius 1 is 1.47 bits per heavy atom. The summed E-state index contributed by atoms with van der Waals surface area (Å²) in [6, 6.07) is 0. The third kappa shape index (κ3) is 2.62. The molecule has 0 amide bonds. The molecule has 0 radical (unpaired) electrons. The molecule has 0 unspecified atom stereocenters. The highest BCUT2D eigenvalue weighted by molar-refractivity contribution is 7.10. The maximum absolute atomic E-state index is 5.69. The van der Waals surface area contributed by atoms with Crippen molar-refractivity contribution in [3.05, 3.63) is 5.56 Å². The summed E-state index contributed by atoms with van der Waals surface area (Å²) in [5.74, 6) is 1.62. The Morgan fingerprint density at radius 2 is 2.20 bits per heavy atom. The number of hydrogen-bond acceptors (Lipinski definition) is 4. The molecule has 15 heavy (non-hydrogen) atoms. The highest BCUT2D eigenvalue weighted by Gasteiger charge is 2.14. The quantitative estimate of drug-likeness (QED) is 0.828. The van der Waals surface area contributed by atoms with E-state index >= 15 is 0 Å². The SMILES string of the molecule is Cc1c(N)nsc1NCCC1CCCC1. The van der Waals surface area contributed by atoms with Crippen molar-refractivity contribution < 1.29 is 0 Å². The van der Waals surface area contributed by atoms with Crippen LogP contribution >= 0.6 is 11.5 Å². The van der Waals surface area contributed by atoms with Crippen LogP contribution in [-0.4, -0.2) is 10.9 Å². The maximum atomic E-state index is 5.69. The molecule has 1 aromatic heterocycles. The van der Waals surface area contributed by atoms with E-state index in [1.165, 1.54) is 43.6 Å². The van der Waals surface area contributed by atoms with E-state index in [1.807, 2.05) is 6.92 Å². The van der Waals surface area contributed by atoms with Crippen molar-refractivity contribution in [2.75, 3.05) is 17.6 Å². The molecule has 1 aliphatic carbocycles. The van der Waals surface area contributed by atoms with Crippen molar-refractivity contribution in [1.82, 2.24) is 4.37 Å². The fourth-order valence-corrected chi connectivity index (χ4v) is 2.94. The summed E-state index contributed by atoms with van der Waals surface area (Å²) in [4.78, 5) is 0. The lowest BCUT2D eigenvalue weighted by atomic mass is 10.0. The van der Waals surface area contributed by atoms with E-state index in [1.54, 1.807) is 0 Å². The second-order valence-electron chi connectivity index (χ2n) is 4.39. The third-order valence-electron chi connectivity index (χ3n) is 3.27. The van der Waals surface area contributed by atoms with E-state index < -0.39 is 0 Å². The van der Waals surface area contributed by atoms with E-state index in [9.17, 15) is 0 Å². The summed E-state index contributed by atoms with van der Waals surface area (Å²) in [5.41, 5.74) is 6.80. The van der Waals surface area contributed by atoms with Crippen LogP contribution in [0.4, 0.5) is 10.8 Å². The molecule has 3 N–H and O–H groups in total. The van der Waals surface area contributed by atoms with Crippen LogP contribution in [-0.2, 0) is 0 Å². The molecule has 0 bridgehead atoms. The van der Waals surface area contributed by atoms with Gasteiger partial charge in [0.15, 0.2) is 0 Å². The molecule has 1 saturated carbocycles. The minimum Gasteiger partial charge on any atom is -0.383 e. The van der Waals surface area contributed by atoms with Crippen molar-refractivity contribution >= 4 is 22.4 Å². The average molecular weight is 225 g/mol. The first-order valence-electron chi connectivity index (χ1n) is 5.73. The fraction of sp³-hybridized carbons (Fsp3) is 0.727. The minimum absolute atomic E-state index is 0.670. The van der Waals surface area contributed by atoms with Crippen LogP contribution < -0.4 is 11.1 Å². The molecule has 0 spiro atoms. The van der Waals surface area contributed by atoms with E-state index in [-0.39, 0.29) is 0 Å². The lowest BCUT2D eigenvalue weighted by molar-refractivity contribution is 0.519. The van der Waals surface area contributed by atoms with Crippen LogP contribution in [0.5, 0.6) is 0 Å². The van der Waals surface area contributed by atoms with E-state index in [4.69, 9.17) is 5.73 Å². The molecule has 0 saturated heterocycles. The summed E-state index contributed by atoms with van der Waals surface area (Å²) in [6.07, 6.45) is 6.99. The van der Waals surface area contributed by atoms with Gasteiger partial charge in [0, 0.05) is 12.1 Å². The molecule has 1 heterocycles. The third-order valence-corrected chi connectivity index (χ3v) is 4.19. The maximum Gasteiger partial charge on any atom is 0.142 e. The van der Waals surface area contributed by atoms with Gasteiger partial charge in [0.1, 0.15) is 10.8 Å². The smallest absolute Gasteiger partial charge is 0.142 e. The monoisotopic (exact) mass is 225 g/mol. The number of nitrogens with two attached hydrogens (primary N) is 1. The van der Waals surface area contributed by atoms with Crippen molar-refractivity contribution in [1.29, 1.82) is 0 Å². The zero-order valence-electron chi connectivity index (χ0n) is 9.25. The molecule has 84 valence electrons. The van der Waals surface area contributed by atoms with E-state index in [0.29, 0.717) is 5.82 Å². The Hall–Kier alpha value is -0.770. The molecule has 0 aliphatic heterocycles. The number of rotatable bonds is 4. The van der Waals surface area contributed by atoms with Gasteiger partial charge in [0.2, 0.25) is 0 Å². The number of nitrogen functional groups attached to an aromatic ring is 1. The summed E-state index contributed by atoms with van der Waals surface area (Å²) in [6.45, 7) is 3.09. The van der Waals surface area contributed by atoms with Gasteiger partial charge in [-0.3, -0.25) is 0 Å². The Labute approximate surface area is 95.2 Å². The average Bonchev–Trinajstić information content (AvgIpc) is 2.83. The predicted octanol–water partition coefficient (Wildman–Crippen LogP) is 3.03. The molecule has 4 heteroatoms. The summed E-state index contributed by atoms with van der Waals surface area (Å²) in [5, 5.41) is 4.58. The Balaban J connectivity index is 1.75. The van der Waals surface area contributed by atoms with Crippen LogP contribution in [0.3, 0.4) is 0 Å². The normalized spacial score (nSPS) is 17.1. The van der Waals surface area contributed by atoms with Crippen molar-refractivity contribution in [3.8, 4) is 0 Å². The molecule has 0 aromatic carbocycles. The van der Waals surface area contributed by atoms with Crippen molar-refractivity contribution in [2.24, 2.45) is 5.92 Å². The zero-order valence-corrected chi connectivity index (χ0v) is 10.1. The van der Waals surface area contributed by atoms with Crippen molar-refractivity contribution in [2.45, 2.75) is 39.0 Å². The van der Waals surface area contributed by atoms with Crippen LogP contribution in [0.25, 0.3) is 0 Å². The van der Waals surface area contributed by atoms with E-state index in [2.05, 4.69) is 9.69 Å². The number of anilines is 2. The van der Waals surface area contributed by atoms with Crippen LogP contribution in [0, 0.1) is 12.8 Å². The largest absolute Gasteiger partial charge is 0.383 e. The minimum atomic E-state index is 0.670. The Kier molecular flexibility index (Phi) is 3.46. The van der Waals surface area contributed by atoms with Gasteiger partial charge in [-0.05, 0) is 30.8 Å². The lowest BCUT2D eigenvalue weighted by Crippen LogP contribution is -2.06. The van der Waals surface area contributed by atoms with Crippen LogP contribution in [0.2, 0.25) is 0 Å². The molecule has 1 aliphatic rings. The van der Waals surface area contributed by atoms with Crippen LogP contribution in [0.15, 0.2) is 0 Å². The number of hydrogen-bond donors (Lipinski definition) is 2. The van der Waals surface area contributed by atoms with Crippen LogP contribution in [0.1, 0.15) is 37.7 Å². The molecule has 1 aromatic rings. The highest BCUT2D eigenvalue weighted by Crippen LogP contribution is 2.29. The summed E-state index contributed by atoms with van der Waals surface area (Å²) in [7, 11) is 0. The molecular weight excluding hydrogens is 206 g/mol. The van der Waals surface area contributed by atoms with Gasteiger partial charge >= 0.3 is 0 Å². The molecule has 0 atom stereocenters. The predicted molar refractivity (Wildman–Crippen MR) is 66.3 cm³/mol. The second-order valence-corrected chi connectivity index (χ2v) is 5.16. The van der Waals surface area contributed by atoms with Gasteiger partial charge in [-0.1, -0.05) is 25.7 Å². The van der Waals surface area contributed by atoms with Gasteiger partial charge in [-0.25, -0.2) is 0 Å². The fourth-order valence-electron chi connectivity index (χ4n) is 2.20. The topological polar surface area (TPSA) is 50.9 Å². The number of nitrogens with one attached hydrogen (secondary N) is 1. The second kappa shape index (κ2) is 4.84. The first-order valence-corrected chi connectivity index (χ1v) is 6.50. The van der Waals surface area contributed by atoms with Gasteiger partial charge in [-0.15, -0.1) is 0 Å². The first-order chi connectivity index (χ1) is 7.27. The molecule has 1 fully saturated rings. The van der Waals surface area contributed by atoms with Gasteiger partial charge in [0.05, 0.1) is 0 Å². The Morgan fingerprint density at radius 3 is 2.80 bits per heavy atom. The summed E-state index contributed by atoms with van der Waals surface area (Å²) >= 11 is 1.47. The van der Waals surface area contributed by atoms with Gasteiger partial charge < -0.3 is 11.1 Å². The van der Waals surface area contributed by atoms with E-state index in [0.717, 1.165) is 23.0 Å². The number of aromatic nitrogens is 1. The van der Waals surface area contributed by atoms with Gasteiger partial charge in [0.25, 0.3) is 0 Å². The zero-order chi connectivity index (χ0) is 10.7. The Bertz CT molecular complexity index is 316. The molecule has 2 rings (SSSR count). The lowest BCUT2D eigenvalue weighted by Gasteiger charge is -2.09. The standard InChI is InChI=1S/C11H19N3S/c1-8-10(12)14-15-11(8)13-7-6-9-4-2-3-5-9/h9,13H,2-7H2,1H3,(H2,12,14). The summed E-state index contributed by atoms with van der Waals surface area (Å²) < 4.78 is 4.12. The van der Waals surface area contributed by atoms with Crippen molar-refractivity contribution in [3.63, 3.8) is 0 Å². The molecule has 3 nitrogen and oxygen atoms in total.